The highest BCUT2D eigenvalue weighted by molar-refractivity contribution is 5.38. The molecule has 0 saturated carbocycles. The Morgan fingerprint density at radius 3 is 2.76 bits per heavy atom. The molecule has 0 fully saturated rings. The molecule has 2 rings (SSSR count). The molecule has 0 bridgehead atoms. The van der Waals surface area contributed by atoms with Crippen LogP contribution >= 0.6 is 0 Å². The predicted molar refractivity (Wildman–Crippen MR) is 65.7 cm³/mol. The monoisotopic (exact) mass is 232 g/mol. The molecule has 2 aromatic heterocycles. The van der Waals surface area contributed by atoms with Gasteiger partial charge in [-0.25, -0.2) is 4.98 Å². The smallest absolute Gasteiger partial charge is 0.128 e. The van der Waals surface area contributed by atoms with E-state index < -0.39 is 6.10 Å². The molecule has 0 spiro atoms. The molecule has 0 aliphatic carbocycles. The highest BCUT2D eigenvalue weighted by Crippen LogP contribution is 2.16. The van der Waals surface area contributed by atoms with E-state index in [4.69, 9.17) is 4.42 Å². The maximum atomic E-state index is 9.39. The summed E-state index contributed by atoms with van der Waals surface area (Å²) in [6, 6.07) is 7.57. The normalized spacial score (nSPS) is 12.4. The van der Waals surface area contributed by atoms with Gasteiger partial charge in [-0.2, -0.15) is 0 Å². The fourth-order valence-electron chi connectivity index (χ4n) is 1.59. The highest BCUT2D eigenvalue weighted by atomic mass is 16.3. The Bertz CT molecular complexity index is 449. The maximum absolute atomic E-state index is 9.39. The summed E-state index contributed by atoms with van der Waals surface area (Å²) in [6.45, 7) is 2.40. The Morgan fingerprint density at radius 1 is 1.41 bits per heavy atom. The molecule has 0 aliphatic heterocycles. The van der Waals surface area contributed by atoms with Crippen LogP contribution < -0.4 is 4.90 Å². The van der Waals surface area contributed by atoms with Crippen LogP contribution in [-0.2, 0) is 6.54 Å². The van der Waals surface area contributed by atoms with E-state index >= 15 is 0 Å². The van der Waals surface area contributed by atoms with Crippen LogP contribution in [0.4, 0.5) is 5.82 Å². The lowest BCUT2D eigenvalue weighted by Gasteiger charge is -2.17. The van der Waals surface area contributed by atoms with E-state index in [0.29, 0.717) is 6.54 Å². The van der Waals surface area contributed by atoms with Gasteiger partial charge in [-0.3, -0.25) is 0 Å². The molecule has 90 valence electrons. The van der Waals surface area contributed by atoms with Crippen molar-refractivity contribution in [3.05, 3.63) is 48.0 Å². The van der Waals surface area contributed by atoms with Crippen LogP contribution in [0.25, 0.3) is 0 Å². The van der Waals surface area contributed by atoms with E-state index in [1.165, 1.54) is 0 Å². The molecule has 0 amide bonds. The Hall–Kier alpha value is -1.81. The number of anilines is 1. The summed E-state index contributed by atoms with van der Waals surface area (Å²) in [5, 5.41) is 9.39. The number of rotatable bonds is 4. The lowest BCUT2D eigenvalue weighted by atomic mass is 10.2. The first-order chi connectivity index (χ1) is 8.16. The van der Waals surface area contributed by atoms with Crippen molar-refractivity contribution in [1.82, 2.24) is 4.98 Å². The van der Waals surface area contributed by atoms with Crippen LogP contribution in [0.2, 0.25) is 0 Å². The molecular weight excluding hydrogens is 216 g/mol. The van der Waals surface area contributed by atoms with E-state index in [9.17, 15) is 5.11 Å². The zero-order valence-corrected chi connectivity index (χ0v) is 10.00. The van der Waals surface area contributed by atoms with Crippen molar-refractivity contribution in [3.8, 4) is 0 Å². The van der Waals surface area contributed by atoms with Gasteiger partial charge >= 0.3 is 0 Å². The quantitative estimate of drug-likeness (QED) is 0.879. The number of nitrogens with zero attached hydrogens (tertiary/aromatic N) is 2. The van der Waals surface area contributed by atoms with E-state index in [1.54, 1.807) is 19.4 Å². The second-order valence-electron chi connectivity index (χ2n) is 4.06. The molecular formula is C13H16N2O2. The Kier molecular flexibility index (Phi) is 3.44. The minimum absolute atomic E-state index is 0.480. The van der Waals surface area contributed by atoms with Crippen molar-refractivity contribution in [1.29, 1.82) is 0 Å². The van der Waals surface area contributed by atoms with Crippen molar-refractivity contribution in [2.75, 3.05) is 11.9 Å². The molecule has 2 aromatic rings. The fraction of sp³-hybridized carbons (Fsp3) is 0.308. The Morgan fingerprint density at radius 2 is 2.24 bits per heavy atom. The van der Waals surface area contributed by atoms with Crippen LogP contribution in [0.15, 0.2) is 41.1 Å². The summed E-state index contributed by atoms with van der Waals surface area (Å²) in [5.74, 6) is 1.75. The number of furan rings is 1. The predicted octanol–water partition coefficient (Wildman–Crippen LogP) is 2.36. The van der Waals surface area contributed by atoms with Crippen molar-refractivity contribution >= 4 is 5.82 Å². The zero-order chi connectivity index (χ0) is 12.3. The summed E-state index contributed by atoms with van der Waals surface area (Å²) in [7, 11) is 1.95. The van der Waals surface area contributed by atoms with Gasteiger partial charge in [0.25, 0.3) is 0 Å². The third kappa shape index (κ3) is 2.85. The van der Waals surface area contributed by atoms with Gasteiger partial charge in [0.2, 0.25) is 0 Å². The van der Waals surface area contributed by atoms with E-state index in [-0.39, 0.29) is 0 Å². The SMILES string of the molecule is CC(O)c1ccc(N(C)Cc2ccco2)nc1. The highest BCUT2D eigenvalue weighted by Gasteiger charge is 2.06. The zero-order valence-electron chi connectivity index (χ0n) is 10.00. The number of pyridine rings is 1. The summed E-state index contributed by atoms with van der Waals surface area (Å²) in [5.41, 5.74) is 0.820. The van der Waals surface area contributed by atoms with E-state index in [1.807, 2.05) is 36.2 Å². The summed E-state index contributed by atoms with van der Waals surface area (Å²) in [6.07, 6.45) is 2.87. The number of aliphatic hydroxyl groups excluding tert-OH is 1. The van der Waals surface area contributed by atoms with E-state index in [2.05, 4.69) is 4.98 Å². The van der Waals surface area contributed by atoms with Gasteiger partial charge in [0.05, 0.1) is 18.9 Å². The first-order valence-corrected chi connectivity index (χ1v) is 5.54. The molecule has 0 aromatic carbocycles. The van der Waals surface area contributed by atoms with Crippen molar-refractivity contribution in [3.63, 3.8) is 0 Å². The number of hydrogen-bond donors (Lipinski definition) is 1. The van der Waals surface area contributed by atoms with Gasteiger partial charge in [0, 0.05) is 13.2 Å². The summed E-state index contributed by atoms with van der Waals surface area (Å²) < 4.78 is 5.28. The van der Waals surface area contributed by atoms with Gasteiger partial charge < -0.3 is 14.4 Å². The first-order valence-electron chi connectivity index (χ1n) is 5.54. The third-order valence-corrected chi connectivity index (χ3v) is 2.62. The fourth-order valence-corrected chi connectivity index (χ4v) is 1.59. The second-order valence-corrected chi connectivity index (χ2v) is 4.06. The Balaban J connectivity index is 2.06. The second kappa shape index (κ2) is 5.01. The third-order valence-electron chi connectivity index (χ3n) is 2.62. The van der Waals surface area contributed by atoms with Crippen LogP contribution in [0.5, 0.6) is 0 Å². The van der Waals surface area contributed by atoms with Gasteiger partial charge in [0.15, 0.2) is 0 Å². The minimum atomic E-state index is -0.480. The van der Waals surface area contributed by atoms with Gasteiger partial charge in [-0.15, -0.1) is 0 Å². The topological polar surface area (TPSA) is 49.5 Å². The average Bonchev–Trinajstić information content (AvgIpc) is 2.82. The van der Waals surface area contributed by atoms with Gasteiger partial charge in [-0.05, 0) is 30.7 Å². The number of hydrogen-bond acceptors (Lipinski definition) is 4. The first kappa shape index (κ1) is 11.7. The molecule has 4 heteroatoms. The minimum Gasteiger partial charge on any atom is -0.467 e. The molecule has 2 heterocycles. The largest absolute Gasteiger partial charge is 0.467 e. The number of aromatic nitrogens is 1. The summed E-state index contributed by atoms with van der Waals surface area (Å²) in [4.78, 5) is 6.30. The standard InChI is InChI=1S/C13H16N2O2/c1-10(16)11-5-6-13(14-8-11)15(2)9-12-4-3-7-17-12/h3-8,10,16H,9H2,1-2H3. The molecule has 4 nitrogen and oxygen atoms in total. The van der Waals surface area contributed by atoms with Crippen molar-refractivity contribution < 1.29 is 9.52 Å². The molecule has 1 unspecified atom stereocenters. The number of aliphatic hydroxyl groups is 1. The molecule has 1 atom stereocenters. The average molecular weight is 232 g/mol. The molecule has 0 aliphatic rings. The maximum Gasteiger partial charge on any atom is 0.128 e. The van der Waals surface area contributed by atoms with Crippen LogP contribution in [0.1, 0.15) is 24.4 Å². The lowest BCUT2D eigenvalue weighted by molar-refractivity contribution is 0.199. The van der Waals surface area contributed by atoms with Gasteiger partial charge in [0.1, 0.15) is 11.6 Å². The van der Waals surface area contributed by atoms with Crippen LogP contribution in [-0.4, -0.2) is 17.1 Å². The van der Waals surface area contributed by atoms with Gasteiger partial charge in [-0.1, -0.05) is 6.07 Å². The molecule has 1 N–H and O–H groups in total. The Labute approximate surface area is 101 Å². The van der Waals surface area contributed by atoms with E-state index in [0.717, 1.165) is 17.1 Å². The lowest BCUT2D eigenvalue weighted by Crippen LogP contribution is -2.17. The molecule has 0 radical (unpaired) electrons. The van der Waals surface area contributed by atoms with Crippen LogP contribution in [0, 0.1) is 0 Å². The summed E-state index contributed by atoms with van der Waals surface area (Å²) >= 11 is 0. The van der Waals surface area contributed by atoms with Crippen molar-refractivity contribution in [2.45, 2.75) is 19.6 Å². The van der Waals surface area contributed by atoms with Crippen LogP contribution in [0.3, 0.4) is 0 Å². The molecule has 17 heavy (non-hydrogen) atoms. The van der Waals surface area contributed by atoms with Crippen molar-refractivity contribution in [2.24, 2.45) is 0 Å². The molecule has 0 saturated heterocycles.